The number of nitrogens with zero attached hydrogens (tertiary/aromatic N) is 1. The van der Waals surface area contributed by atoms with E-state index >= 15 is 0 Å². The molecule has 1 fully saturated rings. The van der Waals surface area contributed by atoms with Gasteiger partial charge in [0, 0.05) is 25.2 Å². The van der Waals surface area contributed by atoms with Crippen molar-refractivity contribution in [1.29, 1.82) is 0 Å². The maximum atomic E-state index is 5.87. The molecule has 0 aliphatic carbocycles. The molecule has 2 N–H and O–H groups in total. The molecule has 19 heavy (non-hydrogen) atoms. The second-order valence-corrected chi connectivity index (χ2v) is 5.70. The van der Waals surface area contributed by atoms with E-state index in [9.17, 15) is 0 Å². The molecule has 1 aliphatic heterocycles. The number of hydrogen-bond donors (Lipinski definition) is 1. The Morgan fingerprint density at radius 2 is 2.05 bits per heavy atom. The van der Waals surface area contributed by atoms with Crippen molar-refractivity contribution in [2.75, 3.05) is 26.2 Å². The van der Waals surface area contributed by atoms with Crippen LogP contribution >= 0.6 is 0 Å². The summed E-state index contributed by atoms with van der Waals surface area (Å²) in [4.78, 5) is 2.51. The third-order valence-electron chi connectivity index (χ3n) is 4.28. The molecule has 1 aromatic rings. The molecule has 0 amide bonds. The minimum Gasteiger partial charge on any atom is -0.492 e. The Morgan fingerprint density at radius 1 is 1.26 bits per heavy atom. The summed E-state index contributed by atoms with van der Waals surface area (Å²) in [5.41, 5.74) is 6.79. The smallest absolute Gasteiger partial charge is 0.123 e. The fourth-order valence-electron chi connectivity index (χ4n) is 2.65. The first-order valence-corrected chi connectivity index (χ1v) is 7.34. The summed E-state index contributed by atoms with van der Waals surface area (Å²) in [5.74, 6) is 2.59. The van der Waals surface area contributed by atoms with Crippen LogP contribution in [0.25, 0.3) is 0 Å². The highest BCUT2D eigenvalue weighted by molar-refractivity contribution is 5.32. The van der Waals surface area contributed by atoms with Gasteiger partial charge in [0.15, 0.2) is 0 Å². The van der Waals surface area contributed by atoms with Crippen molar-refractivity contribution in [3.05, 3.63) is 29.8 Å². The molecule has 2 atom stereocenters. The number of para-hydroxylation sites is 1. The van der Waals surface area contributed by atoms with E-state index in [2.05, 4.69) is 18.7 Å². The molecular formula is C16H26N2O. The van der Waals surface area contributed by atoms with Crippen molar-refractivity contribution < 1.29 is 4.74 Å². The van der Waals surface area contributed by atoms with E-state index in [1.807, 2.05) is 24.3 Å². The van der Waals surface area contributed by atoms with Gasteiger partial charge in [0.05, 0.1) is 0 Å². The van der Waals surface area contributed by atoms with E-state index in [-0.39, 0.29) is 0 Å². The molecule has 2 rings (SSSR count). The Morgan fingerprint density at radius 3 is 2.79 bits per heavy atom. The molecule has 3 nitrogen and oxygen atoms in total. The number of piperidine rings is 1. The largest absolute Gasteiger partial charge is 0.492 e. The molecule has 3 heteroatoms. The molecular weight excluding hydrogens is 236 g/mol. The zero-order valence-corrected chi connectivity index (χ0v) is 12.1. The van der Waals surface area contributed by atoms with Crippen LogP contribution in [0.5, 0.6) is 5.75 Å². The van der Waals surface area contributed by atoms with Crippen LogP contribution in [-0.4, -0.2) is 31.1 Å². The number of benzene rings is 1. The fraction of sp³-hybridized carbons (Fsp3) is 0.625. The van der Waals surface area contributed by atoms with E-state index in [1.165, 1.54) is 19.5 Å². The second kappa shape index (κ2) is 6.92. The SMILES string of the molecule is CC1CCN(CCOc2ccccc2CN)CC1C. The Hall–Kier alpha value is -1.06. The van der Waals surface area contributed by atoms with E-state index < -0.39 is 0 Å². The van der Waals surface area contributed by atoms with Crippen molar-refractivity contribution in [1.82, 2.24) is 4.90 Å². The maximum absolute atomic E-state index is 5.87. The molecule has 2 unspecified atom stereocenters. The maximum Gasteiger partial charge on any atom is 0.123 e. The second-order valence-electron chi connectivity index (χ2n) is 5.70. The van der Waals surface area contributed by atoms with Gasteiger partial charge in [-0.25, -0.2) is 0 Å². The first kappa shape index (κ1) is 14.4. The van der Waals surface area contributed by atoms with Gasteiger partial charge in [0.1, 0.15) is 12.4 Å². The lowest BCUT2D eigenvalue weighted by atomic mass is 9.89. The van der Waals surface area contributed by atoms with Crippen LogP contribution in [0.4, 0.5) is 0 Å². The standard InChI is InChI=1S/C16H26N2O/c1-13-7-8-18(12-14(13)2)9-10-19-16-6-4-3-5-15(16)11-17/h3-6,13-14H,7-12,17H2,1-2H3. The van der Waals surface area contributed by atoms with E-state index in [0.717, 1.165) is 36.3 Å². The molecule has 106 valence electrons. The number of nitrogens with two attached hydrogens (primary N) is 1. The lowest BCUT2D eigenvalue weighted by molar-refractivity contribution is 0.119. The third-order valence-corrected chi connectivity index (χ3v) is 4.28. The van der Waals surface area contributed by atoms with Gasteiger partial charge < -0.3 is 10.5 Å². The van der Waals surface area contributed by atoms with Gasteiger partial charge in [-0.05, 0) is 30.9 Å². The van der Waals surface area contributed by atoms with E-state index in [4.69, 9.17) is 10.5 Å². The zero-order chi connectivity index (χ0) is 13.7. The lowest BCUT2D eigenvalue weighted by Crippen LogP contribution is -2.40. The van der Waals surface area contributed by atoms with E-state index in [0.29, 0.717) is 6.54 Å². The Labute approximate surface area is 116 Å². The normalized spacial score (nSPS) is 24.4. The van der Waals surface area contributed by atoms with Gasteiger partial charge >= 0.3 is 0 Å². The average Bonchev–Trinajstić information content (AvgIpc) is 2.43. The molecule has 1 heterocycles. The Kier molecular flexibility index (Phi) is 5.23. The van der Waals surface area contributed by atoms with Crippen LogP contribution < -0.4 is 10.5 Å². The molecule has 1 aliphatic rings. The van der Waals surface area contributed by atoms with Crippen LogP contribution in [0.3, 0.4) is 0 Å². The average molecular weight is 262 g/mol. The Balaban J connectivity index is 1.77. The molecule has 0 aromatic heterocycles. The molecule has 0 bridgehead atoms. The summed E-state index contributed by atoms with van der Waals surface area (Å²) in [5, 5.41) is 0. The van der Waals surface area contributed by atoms with Crippen molar-refractivity contribution >= 4 is 0 Å². The van der Waals surface area contributed by atoms with Gasteiger partial charge in [-0.3, -0.25) is 4.90 Å². The Bertz CT molecular complexity index is 394. The highest BCUT2D eigenvalue weighted by Gasteiger charge is 2.22. The summed E-state index contributed by atoms with van der Waals surface area (Å²) in [7, 11) is 0. The van der Waals surface area contributed by atoms with Crippen molar-refractivity contribution in [3.63, 3.8) is 0 Å². The topological polar surface area (TPSA) is 38.5 Å². The van der Waals surface area contributed by atoms with Gasteiger partial charge in [0.25, 0.3) is 0 Å². The molecule has 0 spiro atoms. The van der Waals surface area contributed by atoms with E-state index in [1.54, 1.807) is 0 Å². The van der Waals surface area contributed by atoms with Crippen LogP contribution in [-0.2, 0) is 6.54 Å². The monoisotopic (exact) mass is 262 g/mol. The molecule has 0 saturated carbocycles. The summed E-state index contributed by atoms with van der Waals surface area (Å²) in [6.07, 6.45) is 1.31. The minimum atomic E-state index is 0.536. The summed E-state index contributed by atoms with van der Waals surface area (Å²) >= 11 is 0. The van der Waals surface area contributed by atoms with Crippen molar-refractivity contribution in [2.24, 2.45) is 17.6 Å². The first-order valence-electron chi connectivity index (χ1n) is 7.34. The number of hydrogen-bond acceptors (Lipinski definition) is 3. The summed E-state index contributed by atoms with van der Waals surface area (Å²) in [6.45, 7) is 9.40. The highest BCUT2D eigenvalue weighted by Crippen LogP contribution is 2.22. The predicted molar refractivity (Wildman–Crippen MR) is 79.2 cm³/mol. The summed E-state index contributed by atoms with van der Waals surface area (Å²) in [6, 6.07) is 8.03. The lowest BCUT2D eigenvalue weighted by Gasteiger charge is -2.35. The quantitative estimate of drug-likeness (QED) is 0.886. The predicted octanol–water partition coefficient (Wildman–Crippen LogP) is 2.50. The molecule has 1 saturated heterocycles. The number of likely N-dealkylation sites (tertiary alicyclic amines) is 1. The van der Waals surface area contributed by atoms with Crippen molar-refractivity contribution in [3.8, 4) is 5.75 Å². The number of ether oxygens (including phenoxy) is 1. The van der Waals surface area contributed by atoms with Gasteiger partial charge in [0.2, 0.25) is 0 Å². The molecule has 1 aromatic carbocycles. The van der Waals surface area contributed by atoms with Gasteiger partial charge in [-0.1, -0.05) is 32.0 Å². The summed E-state index contributed by atoms with van der Waals surface area (Å²) < 4.78 is 5.87. The fourth-order valence-corrected chi connectivity index (χ4v) is 2.65. The van der Waals surface area contributed by atoms with Gasteiger partial charge in [-0.2, -0.15) is 0 Å². The number of rotatable bonds is 5. The van der Waals surface area contributed by atoms with Crippen LogP contribution in [0.1, 0.15) is 25.8 Å². The minimum absolute atomic E-state index is 0.536. The molecule has 0 radical (unpaired) electrons. The highest BCUT2D eigenvalue weighted by atomic mass is 16.5. The third kappa shape index (κ3) is 3.95. The first-order chi connectivity index (χ1) is 9.20. The van der Waals surface area contributed by atoms with Crippen molar-refractivity contribution in [2.45, 2.75) is 26.8 Å². The van der Waals surface area contributed by atoms with Crippen LogP contribution in [0.15, 0.2) is 24.3 Å². The van der Waals surface area contributed by atoms with Gasteiger partial charge in [-0.15, -0.1) is 0 Å². The van der Waals surface area contributed by atoms with Crippen LogP contribution in [0.2, 0.25) is 0 Å². The van der Waals surface area contributed by atoms with Crippen LogP contribution in [0, 0.1) is 11.8 Å². The zero-order valence-electron chi connectivity index (χ0n) is 12.1.